The van der Waals surface area contributed by atoms with Gasteiger partial charge in [-0.1, -0.05) is 42.5 Å². The van der Waals surface area contributed by atoms with Crippen molar-refractivity contribution in [2.24, 2.45) is 0 Å². The first-order valence-corrected chi connectivity index (χ1v) is 11.3. The highest BCUT2D eigenvalue weighted by Crippen LogP contribution is 2.32. The van der Waals surface area contributed by atoms with Gasteiger partial charge in [0.1, 0.15) is 0 Å². The molecule has 0 saturated carbocycles. The van der Waals surface area contributed by atoms with Crippen LogP contribution in [-0.4, -0.2) is 19.7 Å². The first-order chi connectivity index (χ1) is 15.8. The third-order valence-electron chi connectivity index (χ3n) is 5.72. The SMILES string of the molecule is O=c1c2c(-c3cnc4ccccc4c3)csc2cnn1CCc1ccc2ccccc2n1. The second-order valence-corrected chi connectivity index (χ2v) is 8.63. The Hall–Kier alpha value is -3.90. The van der Waals surface area contributed by atoms with E-state index in [1.54, 1.807) is 10.9 Å². The van der Waals surface area contributed by atoms with Crippen molar-refractivity contribution in [2.75, 3.05) is 0 Å². The molecule has 4 heterocycles. The number of fused-ring (bicyclic) bond motifs is 3. The van der Waals surface area contributed by atoms with Crippen molar-refractivity contribution in [1.29, 1.82) is 0 Å². The van der Waals surface area contributed by atoms with E-state index in [4.69, 9.17) is 4.98 Å². The van der Waals surface area contributed by atoms with E-state index < -0.39 is 0 Å². The van der Waals surface area contributed by atoms with Crippen LogP contribution in [0, 0.1) is 0 Å². The molecule has 0 saturated heterocycles. The van der Waals surface area contributed by atoms with Gasteiger partial charge < -0.3 is 0 Å². The summed E-state index contributed by atoms with van der Waals surface area (Å²) in [5, 5.41) is 9.30. The number of aryl methyl sites for hydroxylation is 2. The highest BCUT2D eigenvalue weighted by Gasteiger charge is 2.14. The third-order valence-corrected chi connectivity index (χ3v) is 6.64. The van der Waals surface area contributed by atoms with Crippen molar-refractivity contribution in [2.45, 2.75) is 13.0 Å². The van der Waals surface area contributed by atoms with Gasteiger partial charge in [-0.2, -0.15) is 5.10 Å². The standard InChI is InChI=1S/C26H18N4OS/c31-26-25-21(19-13-18-6-2-3-7-22(18)27-14-19)16-32-24(25)15-28-30(26)12-11-20-10-9-17-5-1-4-8-23(17)29-20/h1-10,13-16H,11-12H2. The van der Waals surface area contributed by atoms with E-state index in [1.807, 2.05) is 66.2 Å². The first-order valence-electron chi connectivity index (χ1n) is 10.4. The minimum absolute atomic E-state index is 0.0762. The Morgan fingerprint density at radius 3 is 2.59 bits per heavy atom. The van der Waals surface area contributed by atoms with Crippen LogP contribution in [0.5, 0.6) is 0 Å². The van der Waals surface area contributed by atoms with E-state index >= 15 is 0 Å². The van der Waals surface area contributed by atoms with Crippen molar-refractivity contribution in [1.82, 2.24) is 19.7 Å². The summed E-state index contributed by atoms with van der Waals surface area (Å²) in [6.07, 6.45) is 4.26. The summed E-state index contributed by atoms with van der Waals surface area (Å²) >= 11 is 1.54. The Morgan fingerprint density at radius 2 is 1.69 bits per heavy atom. The fourth-order valence-electron chi connectivity index (χ4n) is 4.05. The summed E-state index contributed by atoms with van der Waals surface area (Å²) in [6.45, 7) is 0.478. The Kier molecular flexibility index (Phi) is 4.51. The molecule has 32 heavy (non-hydrogen) atoms. The summed E-state index contributed by atoms with van der Waals surface area (Å²) in [5.74, 6) is 0. The molecule has 0 spiro atoms. The van der Waals surface area contributed by atoms with E-state index in [9.17, 15) is 4.79 Å². The second kappa shape index (κ2) is 7.66. The predicted molar refractivity (Wildman–Crippen MR) is 130 cm³/mol. The second-order valence-electron chi connectivity index (χ2n) is 7.72. The number of nitrogens with zero attached hydrogens (tertiary/aromatic N) is 4. The molecular weight excluding hydrogens is 416 g/mol. The average Bonchev–Trinajstić information content (AvgIpc) is 3.28. The molecule has 0 amide bonds. The number of thiophene rings is 1. The van der Waals surface area contributed by atoms with E-state index in [0.29, 0.717) is 18.4 Å². The normalized spacial score (nSPS) is 11.5. The van der Waals surface area contributed by atoms with Gasteiger partial charge in [0.05, 0.1) is 33.9 Å². The lowest BCUT2D eigenvalue weighted by Gasteiger charge is -2.07. The largest absolute Gasteiger partial charge is 0.276 e. The molecule has 5 nitrogen and oxygen atoms in total. The lowest BCUT2D eigenvalue weighted by Crippen LogP contribution is -2.23. The fourth-order valence-corrected chi connectivity index (χ4v) is 4.97. The number of pyridine rings is 2. The molecule has 0 radical (unpaired) electrons. The highest BCUT2D eigenvalue weighted by atomic mass is 32.1. The van der Waals surface area contributed by atoms with Crippen LogP contribution in [0.1, 0.15) is 5.69 Å². The van der Waals surface area contributed by atoms with E-state index in [0.717, 1.165) is 43.3 Å². The van der Waals surface area contributed by atoms with Crippen LogP contribution >= 0.6 is 11.3 Å². The Labute approximate surface area is 187 Å². The number of para-hydroxylation sites is 2. The van der Waals surface area contributed by atoms with Crippen LogP contribution in [0.25, 0.3) is 43.0 Å². The number of rotatable bonds is 4. The Morgan fingerprint density at radius 1 is 0.875 bits per heavy atom. The number of benzene rings is 2. The molecule has 6 rings (SSSR count). The van der Waals surface area contributed by atoms with Gasteiger partial charge in [0.2, 0.25) is 0 Å². The molecule has 0 unspecified atom stereocenters. The van der Waals surface area contributed by atoms with Gasteiger partial charge in [0.25, 0.3) is 5.56 Å². The molecule has 2 aromatic carbocycles. The van der Waals surface area contributed by atoms with Crippen molar-refractivity contribution < 1.29 is 0 Å². The minimum atomic E-state index is -0.0762. The molecule has 0 N–H and O–H groups in total. The van der Waals surface area contributed by atoms with Gasteiger partial charge >= 0.3 is 0 Å². The lowest BCUT2D eigenvalue weighted by molar-refractivity contribution is 0.580. The summed E-state index contributed by atoms with van der Waals surface area (Å²) in [5.41, 5.74) is 4.63. The van der Waals surface area contributed by atoms with Crippen molar-refractivity contribution >= 4 is 43.2 Å². The highest BCUT2D eigenvalue weighted by molar-refractivity contribution is 7.17. The molecule has 154 valence electrons. The predicted octanol–water partition coefficient (Wildman–Crippen LogP) is 5.46. The van der Waals surface area contributed by atoms with Gasteiger partial charge in [-0.3, -0.25) is 14.8 Å². The molecule has 0 aliphatic rings. The zero-order chi connectivity index (χ0) is 21.5. The van der Waals surface area contributed by atoms with Gasteiger partial charge in [-0.15, -0.1) is 11.3 Å². The van der Waals surface area contributed by atoms with Crippen LogP contribution in [0.4, 0.5) is 0 Å². The van der Waals surface area contributed by atoms with Crippen LogP contribution < -0.4 is 5.56 Å². The fraction of sp³-hybridized carbons (Fsp3) is 0.0769. The topological polar surface area (TPSA) is 60.7 Å². The Bertz CT molecular complexity index is 1670. The van der Waals surface area contributed by atoms with Crippen LogP contribution in [0.3, 0.4) is 0 Å². The van der Waals surface area contributed by atoms with Gasteiger partial charge in [-0.05, 0) is 24.3 Å². The molecule has 4 aromatic heterocycles. The molecule has 0 atom stereocenters. The van der Waals surface area contributed by atoms with Crippen molar-refractivity contribution in [3.8, 4) is 11.1 Å². The molecular formula is C26H18N4OS. The smallest absolute Gasteiger partial charge is 0.267 e. The molecule has 6 aromatic rings. The maximum Gasteiger partial charge on any atom is 0.276 e. The Balaban J connectivity index is 1.36. The average molecular weight is 435 g/mol. The van der Waals surface area contributed by atoms with E-state index in [1.165, 1.54) is 11.3 Å². The van der Waals surface area contributed by atoms with Gasteiger partial charge in [0, 0.05) is 45.6 Å². The molecule has 6 heteroatoms. The zero-order valence-corrected chi connectivity index (χ0v) is 17.9. The summed E-state index contributed by atoms with van der Waals surface area (Å²) in [4.78, 5) is 22.6. The van der Waals surface area contributed by atoms with E-state index in [-0.39, 0.29) is 5.56 Å². The number of hydrogen-bond donors (Lipinski definition) is 0. The minimum Gasteiger partial charge on any atom is -0.267 e. The van der Waals surface area contributed by atoms with Crippen LogP contribution in [-0.2, 0) is 13.0 Å². The van der Waals surface area contributed by atoms with Crippen molar-refractivity contribution in [3.63, 3.8) is 0 Å². The van der Waals surface area contributed by atoms with Crippen LogP contribution in [0.2, 0.25) is 0 Å². The third kappa shape index (κ3) is 3.25. The van der Waals surface area contributed by atoms with Gasteiger partial charge in [-0.25, -0.2) is 4.68 Å². The number of aromatic nitrogens is 4. The molecule has 0 aliphatic carbocycles. The lowest BCUT2D eigenvalue weighted by atomic mass is 10.1. The number of hydrogen-bond acceptors (Lipinski definition) is 5. The molecule has 0 fully saturated rings. The maximum atomic E-state index is 13.3. The summed E-state index contributed by atoms with van der Waals surface area (Å²) < 4.78 is 2.43. The summed E-state index contributed by atoms with van der Waals surface area (Å²) in [7, 11) is 0. The van der Waals surface area contributed by atoms with Crippen molar-refractivity contribution in [3.05, 3.63) is 101 Å². The molecule has 0 aliphatic heterocycles. The monoisotopic (exact) mass is 434 g/mol. The quantitative estimate of drug-likeness (QED) is 0.369. The summed E-state index contributed by atoms with van der Waals surface area (Å²) in [6, 6.07) is 22.2. The maximum absolute atomic E-state index is 13.3. The first kappa shape index (κ1) is 18.8. The van der Waals surface area contributed by atoms with Crippen LogP contribution in [0.15, 0.2) is 89.3 Å². The molecule has 0 bridgehead atoms. The zero-order valence-electron chi connectivity index (χ0n) is 17.1. The van der Waals surface area contributed by atoms with Gasteiger partial charge in [0.15, 0.2) is 0 Å². The van der Waals surface area contributed by atoms with E-state index in [2.05, 4.69) is 22.2 Å².